The lowest BCUT2D eigenvalue weighted by atomic mass is 10.2. The van der Waals surface area contributed by atoms with Crippen LogP contribution in [0.3, 0.4) is 0 Å². The molecule has 0 saturated carbocycles. The normalized spacial score (nSPS) is 17.9. The third-order valence-corrected chi connectivity index (χ3v) is 4.54. The summed E-state index contributed by atoms with van der Waals surface area (Å²) in [5, 5.41) is -0.241. The van der Waals surface area contributed by atoms with Crippen LogP contribution in [0.1, 0.15) is 12.8 Å². The molecule has 0 spiro atoms. The van der Waals surface area contributed by atoms with Crippen molar-refractivity contribution in [1.29, 1.82) is 0 Å². The molecule has 1 aromatic rings. The molecule has 1 N–H and O–H groups in total. The molecule has 0 aromatic carbocycles. The number of aromatic nitrogens is 2. The van der Waals surface area contributed by atoms with Crippen LogP contribution < -0.4 is 4.72 Å². The molecule has 6 nitrogen and oxygen atoms in total. The Morgan fingerprint density at radius 1 is 1.35 bits per heavy atom. The highest BCUT2D eigenvalue weighted by Crippen LogP contribution is 2.18. The summed E-state index contributed by atoms with van der Waals surface area (Å²) < 4.78 is 31.5. The van der Waals surface area contributed by atoms with Gasteiger partial charge in [0.1, 0.15) is 17.3 Å². The Hall–Kier alpha value is -0.920. The molecule has 1 aliphatic heterocycles. The molecular formula is C9H12ClN3O3S. The average molecular weight is 278 g/mol. The maximum atomic E-state index is 12.0. The summed E-state index contributed by atoms with van der Waals surface area (Å²) in [6, 6.07) is 1.37. The van der Waals surface area contributed by atoms with Crippen molar-refractivity contribution < 1.29 is 13.2 Å². The molecule has 2 heterocycles. The number of sulfonamides is 1. The van der Waals surface area contributed by atoms with Crippen LogP contribution in [0.4, 0.5) is 5.82 Å². The molecule has 17 heavy (non-hydrogen) atoms. The summed E-state index contributed by atoms with van der Waals surface area (Å²) in [7, 11) is -3.43. The number of halogens is 1. The van der Waals surface area contributed by atoms with Crippen LogP contribution in [0.5, 0.6) is 0 Å². The Labute approximate surface area is 104 Å². The molecule has 0 atom stereocenters. The van der Waals surface area contributed by atoms with E-state index < -0.39 is 15.3 Å². The van der Waals surface area contributed by atoms with Gasteiger partial charge in [0.25, 0.3) is 0 Å². The van der Waals surface area contributed by atoms with Crippen LogP contribution in [0.2, 0.25) is 5.15 Å². The average Bonchev–Trinajstić information content (AvgIpc) is 2.29. The second-order valence-electron chi connectivity index (χ2n) is 3.68. The fraction of sp³-hybridized carbons (Fsp3) is 0.556. The summed E-state index contributed by atoms with van der Waals surface area (Å²) in [5.74, 6) is 0.191. The van der Waals surface area contributed by atoms with E-state index in [2.05, 4.69) is 14.7 Å². The highest BCUT2D eigenvalue weighted by atomic mass is 35.5. The first-order valence-corrected chi connectivity index (χ1v) is 7.07. The van der Waals surface area contributed by atoms with Crippen LogP contribution in [-0.4, -0.2) is 36.8 Å². The Morgan fingerprint density at radius 3 is 2.71 bits per heavy atom. The minimum absolute atomic E-state index is 0.191. The molecule has 0 amide bonds. The molecule has 0 unspecified atom stereocenters. The van der Waals surface area contributed by atoms with Gasteiger partial charge >= 0.3 is 0 Å². The Balaban J connectivity index is 2.11. The van der Waals surface area contributed by atoms with E-state index in [1.54, 1.807) is 0 Å². The van der Waals surface area contributed by atoms with Gasteiger partial charge in [0.05, 0.1) is 5.25 Å². The second-order valence-corrected chi connectivity index (χ2v) is 6.03. The van der Waals surface area contributed by atoms with Crippen LogP contribution in [-0.2, 0) is 14.8 Å². The number of hydrogen-bond donors (Lipinski definition) is 1. The Morgan fingerprint density at radius 2 is 2.06 bits per heavy atom. The van der Waals surface area contributed by atoms with Crippen molar-refractivity contribution in [3.63, 3.8) is 0 Å². The zero-order chi connectivity index (χ0) is 12.3. The van der Waals surface area contributed by atoms with Crippen molar-refractivity contribution in [2.45, 2.75) is 18.1 Å². The van der Waals surface area contributed by atoms with E-state index in [4.69, 9.17) is 16.3 Å². The topological polar surface area (TPSA) is 81.2 Å². The zero-order valence-corrected chi connectivity index (χ0v) is 10.5. The first-order chi connectivity index (χ1) is 8.08. The van der Waals surface area contributed by atoms with Gasteiger partial charge in [-0.05, 0) is 12.8 Å². The van der Waals surface area contributed by atoms with Crippen molar-refractivity contribution >= 4 is 27.4 Å². The van der Waals surface area contributed by atoms with E-state index in [1.807, 2.05) is 0 Å². The van der Waals surface area contributed by atoms with Gasteiger partial charge in [-0.2, -0.15) is 0 Å². The molecule has 1 aliphatic rings. The van der Waals surface area contributed by atoms with Crippen molar-refractivity contribution in [1.82, 2.24) is 9.97 Å². The molecule has 0 radical (unpaired) electrons. The first-order valence-electron chi connectivity index (χ1n) is 5.15. The number of nitrogens with one attached hydrogen (secondary N) is 1. The number of rotatable bonds is 3. The van der Waals surface area contributed by atoms with Gasteiger partial charge in [-0.3, -0.25) is 4.72 Å². The third kappa shape index (κ3) is 3.27. The van der Waals surface area contributed by atoms with Crippen LogP contribution in [0.25, 0.3) is 0 Å². The number of nitrogens with zero attached hydrogens (tertiary/aromatic N) is 2. The van der Waals surface area contributed by atoms with Crippen LogP contribution in [0, 0.1) is 0 Å². The van der Waals surface area contributed by atoms with Crippen molar-refractivity contribution in [3.8, 4) is 0 Å². The first kappa shape index (κ1) is 12.5. The van der Waals surface area contributed by atoms with Gasteiger partial charge in [-0.15, -0.1) is 0 Å². The highest BCUT2D eigenvalue weighted by molar-refractivity contribution is 7.93. The Kier molecular flexibility index (Phi) is 3.80. The minimum atomic E-state index is -3.43. The Bertz CT molecular complexity index is 488. The van der Waals surface area contributed by atoms with E-state index in [1.165, 1.54) is 12.4 Å². The van der Waals surface area contributed by atoms with E-state index in [-0.39, 0.29) is 11.0 Å². The molecule has 0 aliphatic carbocycles. The number of hydrogen-bond acceptors (Lipinski definition) is 5. The summed E-state index contributed by atoms with van der Waals surface area (Å²) >= 11 is 5.65. The maximum absolute atomic E-state index is 12.0. The van der Waals surface area contributed by atoms with E-state index >= 15 is 0 Å². The summed E-state index contributed by atoms with van der Waals surface area (Å²) in [5.41, 5.74) is 0. The van der Waals surface area contributed by atoms with E-state index in [0.29, 0.717) is 26.1 Å². The standard InChI is InChI=1S/C9H12ClN3O3S/c10-8-5-9(12-6-11-8)13-17(14,15)7-1-3-16-4-2-7/h5-7H,1-4H2,(H,11,12,13). The monoisotopic (exact) mass is 277 g/mol. The van der Waals surface area contributed by atoms with Crippen molar-refractivity contribution in [2.24, 2.45) is 0 Å². The molecule has 1 aromatic heterocycles. The van der Waals surface area contributed by atoms with Crippen LogP contribution >= 0.6 is 11.6 Å². The van der Waals surface area contributed by atoms with Gasteiger partial charge in [-0.25, -0.2) is 18.4 Å². The minimum Gasteiger partial charge on any atom is -0.381 e. The molecular weight excluding hydrogens is 266 g/mol. The van der Waals surface area contributed by atoms with Gasteiger partial charge in [0.2, 0.25) is 10.0 Å². The smallest absolute Gasteiger partial charge is 0.236 e. The molecule has 1 saturated heterocycles. The highest BCUT2D eigenvalue weighted by Gasteiger charge is 2.27. The van der Waals surface area contributed by atoms with Gasteiger partial charge in [-0.1, -0.05) is 11.6 Å². The number of ether oxygens (including phenoxy) is 1. The molecule has 0 bridgehead atoms. The van der Waals surface area contributed by atoms with Gasteiger partial charge in [0.15, 0.2) is 0 Å². The lowest BCUT2D eigenvalue weighted by molar-refractivity contribution is 0.0984. The molecule has 2 rings (SSSR count). The third-order valence-electron chi connectivity index (χ3n) is 2.49. The number of anilines is 1. The van der Waals surface area contributed by atoms with Crippen molar-refractivity contribution in [2.75, 3.05) is 17.9 Å². The summed E-state index contributed by atoms with van der Waals surface area (Å²) in [4.78, 5) is 7.48. The fourth-order valence-electron chi connectivity index (χ4n) is 1.60. The lowest BCUT2D eigenvalue weighted by Gasteiger charge is -2.22. The van der Waals surface area contributed by atoms with Crippen LogP contribution in [0.15, 0.2) is 12.4 Å². The summed E-state index contributed by atoms with van der Waals surface area (Å²) in [6.07, 6.45) is 2.20. The molecule has 94 valence electrons. The summed E-state index contributed by atoms with van der Waals surface area (Å²) in [6.45, 7) is 0.937. The lowest BCUT2D eigenvalue weighted by Crippen LogP contribution is -2.33. The second kappa shape index (κ2) is 5.16. The van der Waals surface area contributed by atoms with Gasteiger partial charge < -0.3 is 4.74 Å². The molecule has 1 fully saturated rings. The predicted octanol–water partition coefficient (Wildman–Crippen LogP) is 1.05. The van der Waals surface area contributed by atoms with Crippen molar-refractivity contribution in [3.05, 3.63) is 17.5 Å². The SMILES string of the molecule is O=S(=O)(Nc1cc(Cl)ncn1)C1CCOCC1. The molecule has 8 heteroatoms. The predicted molar refractivity (Wildman–Crippen MR) is 63.4 cm³/mol. The quantitative estimate of drug-likeness (QED) is 0.835. The van der Waals surface area contributed by atoms with Gasteiger partial charge in [0, 0.05) is 19.3 Å². The van der Waals surface area contributed by atoms with E-state index in [9.17, 15) is 8.42 Å². The van der Waals surface area contributed by atoms with E-state index in [0.717, 1.165) is 0 Å². The fourth-order valence-corrected chi connectivity index (χ4v) is 3.13. The largest absolute Gasteiger partial charge is 0.381 e. The maximum Gasteiger partial charge on any atom is 0.236 e. The zero-order valence-electron chi connectivity index (χ0n) is 8.97.